The maximum Gasteiger partial charge on any atom is 0.246 e. The fourth-order valence-corrected chi connectivity index (χ4v) is 4.29. The summed E-state index contributed by atoms with van der Waals surface area (Å²) in [6.07, 6.45) is 2.26. The molecule has 3 aliphatic rings. The minimum atomic E-state index is -0.830. The second-order valence-corrected chi connectivity index (χ2v) is 8.43. The molecule has 30 heavy (non-hydrogen) atoms. The van der Waals surface area contributed by atoms with Crippen LogP contribution in [0.15, 0.2) is 18.2 Å². The number of carbonyl (C=O) groups excluding carboxylic acids is 1. The van der Waals surface area contributed by atoms with E-state index in [9.17, 15) is 15.0 Å². The lowest BCUT2D eigenvalue weighted by Crippen LogP contribution is -2.55. The Hall–Kier alpha value is -2.13. The van der Waals surface area contributed by atoms with Crippen molar-refractivity contribution in [3.05, 3.63) is 29.3 Å². The highest BCUT2D eigenvalue weighted by molar-refractivity contribution is 5.92. The zero-order chi connectivity index (χ0) is 21.3. The fraction of sp³-hybridized carbons (Fsp3) is 0.591. The zero-order valence-electron chi connectivity index (χ0n) is 17.5. The first-order chi connectivity index (χ1) is 14.4. The fourth-order valence-electron chi connectivity index (χ4n) is 4.29. The first-order valence-corrected chi connectivity index (χ1v) is 10.5. The molecule has 3 aliphatic heterocycles. The van der Waals surface area contributed by atoms with Crippen molar-refractivity contribution in [2.24, 2.45) is 0 Å². The lowest BCUT2D eigenvalue weighted by Gasteiger charge is -2.47. The second-order valence-electron chi connectivity index (χ2n) is 8.43. The predicted molar refractivity (Wildman–Crippen MR) is 110 cm³/mol. The highest BCUT2D eigenvalue weighted by Crippen LogP contribution is 2.48. The number of hydrogen-bond donors (Lipinski definition) is 2. The Morgan fingerprint density at radius 1 is 1.10 bits per heavy atom. The van der Waals surface area contributed by atoms with Crippen molar-refractivity contribution < 1.29 is 29.2 Å². The summed E-state index contributed by atoms with van der Waals surface area (Å²) in [5.74, 6) is 0.470. The van der Waals surface area contributed by atoms with Gasteiger partial charge in [-0.15, -0.1) is 0 Å². The van der Waals surface area contributed by atoms with Gasteiger partial charge in [-0.25, -0.2) is 0 Å². The number of aliphatic hydroxyl groups is 1. The van der Waals surface area contributed by atoms with Crippen molar-refractivity contribution in [2.45, 2.75) is 31.6 Å². The molecular formula is C22H30N2O6. The number of hydrogen-bond acceptors (Lipinski definition) is 7. The molecule has 0 saturated carbocycles. The van der Waals surface area contributed by atoms with Gasteiger partial charge in [0.15, 0.2) is 0 Å². The lowest BCUT2D eigenvalue weighted by atomic mass is 9.84. The molecule has 0 bridgehead atoms. The number of ether oxygens (including phenoxy) is 3. The Morgan fingerprint density at radius 2 is 1.73 bits per heavy atom. The van der Waals surface area contributed by atoms with Gasteiger partial charge >= 0.3 is 0 Å². The molecule has 3 heterocycles. The first kappa shape index (κ1) is 21.1. The van der Waals surface area contributed by atoms with Crippen LogP contribution in [-0.4, -0.2) is 90.2 Å². The number of amides is 1. The zero-order valence-corrected chi connectivity index (χ0v) is 17.5. The Balaban J connectivity index is 1.65. The number of nitrogens with zero attached hydrogens (tertiary/aromatic N) is 2. The normalized spacial score (nSPS) is 27.0. The topological polar surface area (TPSA) is 91.7 Å². The van der Waals surface area contributed by atoms with E-state index in [1.165, 1.54) is 6.08 Å². The van der Waals surface area contributed by atoms with Crippen molar-refractivity contribution in [1.29, 1.82) is 0 Å². The van der Waals surface area contributed by atoms with Crippen LogP contribution in [0.1, 0.15) is 31.0 Å². The molecule has 8 nitrogen and oxygen atoms in total. The molecule has 2 saturated heterocycles. The van der Waals surface area contributed by atoms with Gasteiger partial charge in [0.25, 0.3) is 0 Å². The smallest absolute Gasteiger partial charge is 0.246 e. The summed E-state index contributed by atoms with van der Waals surface area (Å²) in [6.45, 7) is 8.37. The molecule has 0 aromatic heterocycles. The molecule has 4 rings (SSSR count). The van der Waals surface area contributed by atoms with Gasteiger partial charge in [0.05, 0.1) is 38.0 Å². The Morgan fingerprint density at radius 3 is 2.40 bits per heavy atom. The molecule has 8 heteroatoms. The van der Waals surface area contributed by atoms with E-state index in [1.807, 2.05) is 13.8 Å². The average molecular weight is 418 g/mol. The minimum absolute atomic E-state index is 0.0320. The van der Waals surface area contributed by atoms with Gasteiger partial charge in [-0.3, -0.25) is 9.69 Å². The van der Waals surface area contributed by atoms with Crippen LogP contribution in [0.4, 0.5) is 0 Å². The quantitative estimate of drug-likeness (QED) is 0.712. The number of morpholine rings is 2. The molecule has 2 N–H and O–H groups in total. The highest BCUT2D eigenvalue weighted by atomic mass is 16.5. The van der Waals surface area contributed by atoms with Crippen molar-refractivity contribution in [3.63, 3.8) is 0 Å². The molecule has 1 aromatic carbocycles. The number of phenolic OH excluding ortho intramolecular Hbond substituents is 1. The van der Waals surface area contributed by atoms with E-state index in [0.29, 0.717) is 69.5 Å². The van der Waals surface area contributed by atoms with Crippen molar-refractivity contribution in [1.82, 2.24) is 9.80 Å². The van der Waals surface area contributed by atoms with Crippen LogP contribution in [0.2, 0.25) is 0 Å². The van der Waals surface area contributed by atoms with E-state index in [4.69, 9.17) is 14.2 Å². The van der Waals surface area contributed by atoms with Gasteiger partial charge in [0.2, 0.25) is 5.91 Å². The number of carbonyl (C=O) groups is 1. The standard InChI is InChI=1S/C22H30N2O6/c1-22(2)21(27)19(24-9-13-29-14-10-24)18-16(30-22)5-3-15(20(18)26)4-6-17(25)23-7-11-28-12-8-23/h3-6,19,21,26-27H,7-14H2,1-2H3/b6-4+/t19-,21+/m0/s1. The maximum atomic E-state index is 12.4. The second kappa shape index (κ2) is 8.55. The number of phenols is 1. The summed E-state index contributed by atoms with van der Waals surface area (Å²) in [5, 5.41) is 22.2. The minimum Gasteiger partial charge on any atom is -0.507 e. The molecule has 0 aliphatic carbocycles. The first-order valence-electron chi connectivity index (χ1n) is 10.5. The van der Waals surface area contributed by atoms with Crippen LogP contribution in [0, 0.1) is 0 Å². The lowest BCUT2D eigenvalue weighted by molar-refractivity contribution is -0.129. The van der Waals surface area contributed by atoms with Crippen LogP contribution in [0.5, 0.6) is 11.5 Å². The van der Waals surface area contributed by atoms with Crippen molar-refractivity contribution in [3.8, 4) is 11.5 Å². The summed E-state index contributed by atoms with van der Waals surface area (Å²) in [5.41, 5.74) is 0.278. The molecule has 2 fully saturated rings. The van der Waals surface area contributed by atoms with Crippen LogP contribution in [0.25, 0.3) is 6.08 Å². The molecule has 1 aromatic rings. The third kappa shape index (κ3) is 4.05. The number of benzene rings is 1. The molecule has 2 atom stereocenters. The van der Waals surface area contributed by atoms with Crippen LogP contribution < -0.4 is 4.74 Å². The summed E-state index contributed by atoms with van der Waals surface area (Å²) < 4.78 is 16.8. The number of rotatable bonds is 3. The van der Waals surface area contributed by atoms with E-state index < -0.39 is 17.7 Å². The number of fused-ring (bicyclic) bond motifs is 1. The Bertz CT molecular complexity index is 812. The number of aliphatic hydroxyl groups excluding tert-OH is 1. The largest absolute Gasteiger partial charge is 0.507 e. The summed E-state index contributed by atoms with van der Waals surface area (Å²) in [6, 6.07) is 3.12. The van der Waals surface area contributed by atoms with E-state index in [2.05, 4.69) is 4.90 Å². The van der Waals surface area contributed by atoms with Crippen molar-refractivity contribution >= 4 is 12.0 Å². The van der Waals surface area contributed by atoms with Gasteiger partial charge in [-0.2, -0.15) is 0 Å². The molecular weight excluding hydrogens is 388 g/mol. The van der Waals surface area contributed by atoms with Gasteiger partial charge in [-0.1, -0.05) is 0 Å². The molecule has 164 valence electrons. The van der Waals surface area contributed by atoms with Crippen molar-refractivity contribution in [2.75, 3.05) is 52.6 Å². The van der Waals surface area contributed by atoms with E-state index in [-0.39, 0.29) is 11.7 Å². The van der Waals surface area contributed by atoms with Crippen LogP contribution in [0.3, 0.4) is 0 Å². The third-order valence-electron chi connectivity index (χ3n) is 6.06. The summed E-state index contributed by atoms with van der Waals surface area (Å²) >= 11 is 0. The van der Waals surface area contributed by atoms with E-state index in [0.717, 1.165) is 0 Å². The SMILES string of the molecule is CC1(C)Oc2ccc(/C=C/C(=O)N3CCOCC3)c(O)c2[C@H](N2CCOCC2)[C@H]1O. The van der Waals surface area contributed by atoms with E-state index in [1.54, 1.807) is 23.1 Å². The predicted octanol–water partition coefficient (Wildman–Crippen LogP) is 1.17. The molecule has 0 radical (unpaired) electrons. The number of aromatic hydroxyl groups is 1. The highest BCUT2D eigenvalue weighted by Gasteiger charge is 2.47. The van der Waals surface area contributed by atoms with Gasteiger partial charge in [-0.05, 0) is 32.1 Å². The summed E-state index contributed by atoms with van der Waals surface area (Å²) in [4.78, 5) is 16.3. The Labute approximate surface area is 176 Å². The van der Waals surface area contributed by atoms with Crippen LogP contribution >= 0.6 is 0 Å². The average Bonchev–Trinajstić information content (AvgIpc) is 2.75. The van der Waals surface area contributed by atoms with Gasteiger partial charge in [0.1, 0.15) is 23.2 Å². The molecule has 0 unspecified atom stereocenters. The summed E-state index contributed by atoms with van der Waals surface area (Å²) in [7, 11) is 0. The van der Waals surface area contributed by atoms with E-state index >= 15 is 0 Å². The third-order valence-corrected chi connectivity index (χ3v) is 6.06. The van der Waals surface area contributed by atoms with Gasteiger partial charge < -0.3 is 29.3 Å². The van der Waals surface area contributed by atoms with Gasteiger partial charge in [0, 0.05) is 37.8 Å². The monoisotopic (exact) mass is 418 g/mol. The Kier molecular flexibility index (Phi) is 6.02. The molecule has 1 amide bonds. The maximum absolute atomic E-state index is 12.4. The molecule has 0 spiro atoms. The van der Waals surface area contributed by atoms with Crippen LogP contribution in [-0.2, 0) is 14.3 Å².